The molecule has 0 radical (unpaired) electrons. The van der Waals surface area contributed by atoms with E-state index in [1.807, 2.05) is 43.3 Å². The molecule has 1 atom stereocenters. The van der Waals surface area contributed by atoms with Crippen LogP contribution in [0.5, 0.6) is 0 Å². The highest BCUT2D eigenvalue weighted by Gasteiger charge is 2.32. The molecule has 9 heteroatoms. The predicted octanol–water partition coefficient (Wildman–Crippen LogP) is 4.07. The summed E-state index contributed by atoms with van der Waals surface area (Å²) in [6, 6.07) is 13.0. The minimum atomic E-state index is -3.63. The van der Waals surface area contributed by atoms with Gasteiger partial charge in [0, 0.05) is 19.2 Å². The number of hydrogen-bond donors (Lipinski definition) is 1. The number of furan rings is 1. The Balaban J connectivity index is 1.63. The molecule has 1 aliphatic rings. The average Bonchev–Trinajstić information content (AvgIpc) is 3.48. The molecule has 1 aliphatic heterocycles. The number of aryl methyl sites for hydroxylation is 1. The second kappa shape index (κ2) is 7.97. The summed E-state index contributed by atoms with van der Waals surface area (Å²) in [7, 11) is -3.63. The van der Waals surface area contributed by atoms with E-state index in [9.17, 15) is 13.7 Å². The van der Waals surface area contributed by atoms with Gasteiger partial charge in [0.25, 0.3) is 5.89 Å². The van der Waals surface area contributed by atoms with E-state index in [-0.39, 0.29) is 39.9 Å². The van der Waals surface area contributed by atoms with Crippen molar-refractivity contribution >= 4 is 15.9 Å². The maximum atomic E-state index is 12.9. The number of nitrogens with zero attached hydrogens (tertiary/aromatic N) is 3. The highest BCUT2D eigenvalue weighted by atomic mass is 32.2. The van der Waals surface area contributed by atoms with Crippen LogP contribution in [0.1, 0.15) is 42.8 Å². The Hall–Kier alpha value is -3.09. The summed E-state index contributed by atoms with van der Waals surface area (Å²) in [6.45, 7) is 4.55. The molecule has 1 saturated heterocycles. The molecule has 0 aliphatic carbocycles. The summed E-state index contributed by atoms with van der Waals surface area (Å²) in [4.78, 5) is 4.29. The molecule has 1 fully saturated rings. The van der Waals surface area contributed by atoms with Gasteiger partial charge in [-0.15, -0.1) is 0 Å². The Kier molecular flexibility index (Phi) is 5.37. The van der Waals surface area contributed by atoms with Gasteiger partial charge in [0.1, 0.15) is 16.7 Å². The minimum absolute atomic E-state index is 0.0558. The number of hydrogen-bond acceptors (Lipinski definition) is 7. The number of benzene rings is 1. The van der Waals surface area contributed by atoms with Gasteiger partial charge < -0.3 is 14.2 Å². The third kappa shape index (κ3) is 3.72. The van der Waals surface area contributed by atoms with Crippen molar-refractivity contribution in [2.75, 3.05) is 18.4 Å². The number of nitrogens with one attached hydrogen (secondary N) is 1. The van der Waals surface area contributed by atoms with Gasteiger partial charge in [-0.2, -0.15) is 14.6 Å². The zero-order valence-electron chi connectivity index (χ0n) is 16.8. The molecular formula is C21H22N4O4S. The Morgan fingerprint density at radius 1 is 1.20 bits per heavy atom. The van der Waals surface area contributed by atoms with Gasteiger partial charge in [0.2, 0.25) is 21.6 Å². The fourth-order valence-electron chi connectivity index (χ4n) is 3.52. The maximum Gasteiger partial charge on any atom is 0.266 e. The van der Waals surface area contributed by atoms with Crippen molar-refractivity contribution in [3.8, 4) is 17.7 Å². The molecule has 3 heterocycles. The van der Waals surface area contributed by atoms with Crippen LogP contribution in [-0.2, 0) is 10.0 Å². The Morgan fingerprint density at radius 3 is 2.57 bits per heavy atom. The van der Waals surface area contributed by atoms with Crippen molar-refractivity contribution in [3.63, 3.8) is 0 Å². The molecule has 3 aromatic rings. The van der Waals surface area contributed by atoms with Crippen molar-refractivity contribution in [2.45, 2.75) is 37.6 Å². The van der Waals surface area contributed by atoms with Crippen LogP contribution in [0.2, 0.25) is 0 Å². The van der Waals surface area contributed by atoms with Gasteiger partial charge in [-0.05, 0) is 32.3 Å². The first-order valence-corrected chi connectivity index (χ1v) is 11.2. The first kappa shape index (κ1) is 20.2. The Bertz CT molecular complexity index is 1190. The first-order chi connectivity index (χ1) is 14.4. The molecule has 2 aromatic heterocycles. The molecular weight excluding hydrogens is 404 g/mol. The Labute approximate surface area is 175 Å². The summed E-state index contributed by atoms with van der Waals surface area (Å²) in [5.41, 5.74) is 1.10. The van der Waals surface area contributed by atoms with Crippen LogP contribution in [0.15, 0.2) is 50.1 Å². The highest BCUT2D eigenvalue weighted by molar-refractivity contribution is 7.89. The second-order valence-corrected chi connectivity index (χ2v) is 9.13. The number of oxazole rings is 1. The lowest BCUT2D eigenvalue weighted by atomic mass is 10.1. The molecule has 8 nitrogen and oxygen atoms in total. The van der Waals surface area contributed by atoms with Crippen LogP contribution in [0.4, 0.5) is 5.88 Å². The van der Waals surface area contributed by atoms with Gasteiger partial charge in [0.05, 0.1) is 6.04 Å². The highest BCUT2D eigenvalue weighted by Crippen LogP contribution is 2.33. The van der Waals surface area contributed by atoms with Gasteiger partial charge in [0.15, 0.2) is 5.76 Å². The van der Waals surface area contributed by atoms with Crippen molar-refractivity contribution in [1.82, 2.24) is 9.29 Å². The lowest BCUT2D eigenvalue weighted by Crippen LogP contribution is -2.27. The standard InChI is InChI=1S/C21H22N4O4S/c1-14(16-8-4-3-5-9-16)23-20-17(13-22)24-21(29-20)18-12-19(15(2)28-18)30(26,27)25-10-6-7-11-25/h3-5,8-9,12,14,23H,6-7,10-11H2,1-2H3. The zero-order chi connectivity index (χ0) is 21.3. The smallest absolute Gasteiger partial charge is 0.266 e. The summed E-state index contributed by atoms with van der Waals surface area (Å²) in [5.74, 6) is 0.699. The number of sulfonamides is 1. The second-order valence-electron chi connectivity index (χ2n) is 7.23. The molecule has 1 unspecified atom stereocenters. The fourth-order valence-corrected chi connectivity index (χ4v) is 5.19. The van der Waals surface area contributed by atoms with E-state index < -0.39 is 10.0 Å². The average molecular weight is 426 g/mol. The molecule has 0 spiro atoms. The predicted molar refractivity (Wildman–Crippen MR) is 110 cm³/mol. The number of aromatic nitrogens is 1. The van der Waals surface area contributed by atoms with E-state index in [4.69, 9.17) is 8.83 Å². The molecule has 0 amide bonds. The molecule has 4 rings (SSSR count). The van der Waals surface area contributed by atoms with E-state index in [1.165, 1.54) is 10.4 Å². The minimum Gasteiger partial charge on any atom is -0.455 e. The molecule has 0 bridgehead atoms. The maximum absolute atomic E-state index is 12.9. The molecule has 156 valence electrons. The van der Waals surface area contributed by atoms with E-state index in [1.54, 1.807) is 6.92 Å². The quantitative estimate of drug-likeness (QED) is 0.632. The number of nitriles is 1. The van der Waals surface area contributed by atoms with Crippen LogP contribution < -0.4 is 5.32 Å². The molecule has 0 saturated carbocycles. The zero-order valence-corrected chi connectivity index (χ0v) is 17.6. The summed E-state index contributed by atoms with van der Waals surface area (Å²) < 4.78 is 38.6. The fraction of sp³-hybridized carbons (Fsp3) is 0.333. The molecule has 1 N–H and O–H groups in total. The lowest BCUT2D eigenvalue weighted by molar-refractivity contribution is 0.469. The van der Waals surface area contributed by atoms with Gasteiger partial charge >= 0.3 is 0 Å². The van der Waals surface area contributed by atoms with Gasteiger partial charge in [-0.1, -0.05) is 30.3 Å². The normalized spacial score (nSPS) is 15.8. The largest absolute Gasteiger partial charge is 0.455 e. The van der Waals surface area contributed by atoms with Crippen molar-refractivity contribution in [3.05, 3.63) is 53.4 Å². The summed E-state index contributed by atoms with van der Waals surface area (Å²) >= 11 is 0. The number of rotatable bonds is 6. The van der Waals surface area contributed by atoms with Crippen molar-refractivity contribution in [1.29, 1.82) is 5.26 Å². The monoisotopic (exact) mass is 426 g/mol. The van der Waals surface area contributed by atoms with Crippen LogP contribution in [0.3, 0.4) is 0 Å². The van der Waals surface area contributed by atoms with Crippen LogP contribution in [0.25, 0.3) is 11.7 Å². The van der Waals surface area contributed by atoms with Crippen LogP contribution in [-0.4, -0.2) is 30.8 Å². The Morgan fingerprint density at radius 2 is 1.90 bits per heavy atom. The molecule has 1 aromatic carbocycles. The van der Waals surface area contributed by atoms with E-state index in [2.05, 4.69) is 10.3 Å². The van der Waals surface area contributed by atoms with E-state index in [0.717, 1.165) is 18.4 Å². The third-order valence-corrected chi connectivity index (χ3v) is 7.15. The number of anilines is 1. The van der Waals surface area contributed by atoms with Crippen LogP contribution in [0, 0.1) is 18.3 Å². The van der Waals surface area contributed by atoms with Crippen LogP contribution >= 0.6 is 0 Å². The summed E-state index contributed by atoms with van der Waals surface area (Å²) in [5, 5.41) is 12.6. The summed E-state index contributed by atoms with van der Waals surface area (Å²) in [6.07, 6.45) is 1.70. The van der Waals surface area contributed by atoms with Crippen molar-refractivity contribution < 1.29 is 17.3 Å². The first-order valence-electron chi connectivity index (χ1n) is 9.73. The van der Waals surface area contributed by atoms with E-state index in [0.29, 0.717) is 13.1 Å². The topological polar surface area (TPSA) is 112 Å². The van der Waals surface area contributed by atoms with Crippen molar-refractivity contribution in [2.24, 2.45) is 0 Å². The molecule has 30 heavy (non-hydrogen) atoms. The lowest BCUT2D eigenvalue weighted by Gasteiger charge is -2.14. The van der Waals surface area contributed by atoms with E-state index >= 15 is 0 Å². The third-order valence-electron chi connectivity index (χ3n) is 5.15. The SMILES string of the molecule is Cc1oc(-c2nc(C#N)c(NC(C)c3ccccc3)o2)cc1S(=O)(=O)N1CCCC1. The van der Waals surface area contributed by atoms with Gasteiger partial charge in [-0.3, -0.25) is 0 Å². The van der Waals surface area contributed by atoms with Gasteiger partial charge in [-0.25, -0.2) is 8.42 Å².